The van der Waals surface area contributed by atoms with E-state index >= 15 is 0 Å². The van der Waals surface area contributed by atoms with Gasteiger partial charge in [0.2, 0.25) is 0 Å². The Labute approximate surface area is 120 Å². The predicted octanol–water partition coefficient (Wildman–Crippen LogP) is 4.01. The number of benzene rings is 2. The molecule has 0 saturated heterocycles. The van der Waals surface area contributed by atoms with Crippen LogP contribution in [0.3, 0.4) is 0 Å². The third-order valence-corrected chi connectivity index (χ3v) is 2.92. The summed E-state index contributed by atoms with van der Waals surface area (Å²) in [6.45, 7) is 2.05. The molecule has 0 aliphatic heterocycles. The van der Waals surface area contributed by atoms with Crippen molar-refractivity contribution >= 4 is 10.8 Å². The predicted molar refractivity (Wildman–Crippen MR) is 70.8 cm³/mol. The number of aromatic nitrogens is 1. The van der Waals surface area contributed by atoms with Gasteiger partial charge in [0.1, 0.15) is 0 Å². The molecule has 0 aliphatic carbocycles. The topological polar surface area (TPSA) is 12.9 Å². The minimum Gasteiger partial charge on any atom is -0.301 e. The number of nitrogens with zero attached hydrogens (tertiary/aromatic N) is 1. The van der Waals surface area contributed by atoms with Crippen LogP contribution in [0, 0.1) is 13.0 Å². The van der Waals surface area contributed by atoms with E-state index in [-0.39, 0.29) is 20.1 Å². The zero-order valence-electron chi connectivity index (χ0n) is 9.98. The molecule has 1 heterocycles. The summed E-state index contributed by atoms with van der Waals surface area (Å²) >= 11 is 0. The SMILES string of the molecule is Cc1nc(-c2[c-]cccc2)cc2ccccc12.[Ir]. The molecule has 0 bridgehead atoms. The van der Waals surface area contributed by atoms with E-state index in [0.29, 0.717) is 0 Å². The maximum atomic E-state index is 4.64. The second-order valence-corrected chi connectivity index (χ2v) is 4.09. The van der Waals surface area contributed by atoms with Crippen LogP contribution in [0.25, 0.3) is 22.0 Å². The van der Waals surface area contributed by atoms with Crippen LogP contribution in [-0.4, -0.2) is 4.98 Å². The summed E-state index contributed by atoms with van der Waals surface area (Å²) in [7, 11) is 0. The van der Waals surface area contributed by atoms with E-state index < -0.39 is 0 Å². The van der Waals surface area contributed by atoms with E-state index in [1.807, 2.05) is 30.3 Å². The zero-order chi connectivity index (χ0) is 11.7. The van der Waals surface area contributed by atoms with Crippen LogP contribution in [0.15, 0.2) is 54.6 Å². The number of hydrogen-bond donors (Lipinski definition) is 0. The van der Waals surface area contributed by atoms with E-state index in [2.05, 4.69) is 42.2 Å². The first-order chi connectivity index (χ1) is 8.34. The van der Waals surface area contributed by atoms with Crippen molar-refractivity contribution in [2.75, 3.05) is 0 Å². The fourth-order valence-corrected chi connectivity index (χ4v) is 2.06. The maximum Gasteiger partial charge on any atom is 0.0344 e. The van der Waals surface area contributed by atoms with Crippen molar-refractivity contribution in [3.63, 3.8) is 0 Å². The molecule has 3 aromatic rings. The summed E-state index contributed by atoms with van der Waals surface area (Å²) in [6.07, 6.45) is 0. The maximum absolute atomic E-state index is 4.64. The molecule has 2 aromatic carbocycles. The molecular formula is C16H12IrN-. The molecule has 2 heteroatoms. The van der Waals surface area contributed by atoms with Gasteiger partial charge in [-0.25, -0.2) is 0 Å². The van der Waals surface area contributed by atoms with Crippen LogP contribution in [0.5, 0.6) is 0 Å². The third kappa shape index (κ3) is 2.35. The number of hydrogen-bond acceptors (Lipinski definition) is 1. The normalized spacial score (nSPS) is 10.1. The molecular weight excluding hydrogens is 398 g/mol. The summed E-state index contributed by atoms with van der Waals surface area (Å²) in [6, 6.07) is 21.6. The Kier molecular flexibility index (Phi) is 3.90. The molecule has 0 unspecified atom stereocenters. The molecule has 1 aromatic heterocycles. The Morgan fingerprint density at radius 1 is 1.00 bits per heavy atom. The molecule has 0 amide bonds. The second-order valence-electron chi connectivity index (χ2n) is 4.09. The van der Waals surface area contributed by atoms with Gasteiger partial charge in [0.15, 0.2) is 0 Å². The van der Waals surface area contributed by atoms with Gasteiger partial charge in [-0.15, -0.1) is 35.9 Å². The Hall–Kier alpha value is -1.50. The van der Waals surface area contributed by atoms with Crippen LogP contribution >= 0.6 is 0 Å². The fraction of sp³-hybridized carbons (Fsp3) is 0.0625. The first-order valence-electron chi connectivity index (χ1n) is 5.68. The zero-order valence-corrected chi connectivity index (χ0v) is 12.4. The molecule has 0 aliphatic rings. The van der Waals surface area contributed by atoms with Gasteiger partial charge in [-0.3, -0.25) is 0 Å². The molecule has 3 rings (SSSR count). The van der Waals surface area contributed by atoms with E-state index in [0.717, 1.165) is 17.0 Å². The summed E-state index contributed by atoms with van der Waals surface area (Å²) in [5.74, 6) is 0. The number of fused-ring (bicyclic) bond motifs is 1. The molecule has 0 saturated carbocycles. The number of pyridine rings is 1. The average Bonchev–Trinajstić information content (AvgIpc) is 2.40. The monoisotopic (exact) mass is 411 g/mol. The van der Waals surface area contributed by atoms with Crippen molar-refractivity contribution in [1.29, 1.82) is 0 Å². The summed E-state index contributed by atoms with van der Waals surface area (Å²) in [4.78, 5) is 4.64. The summed E-state index contributed by atoms with van der Waals surface area (Å²) in [5, 5.41) is 2.44. The molecule has 1 radical (unpaired) electrons. The van der Waals surface area contributed by atoms with Gasteiger partial charge in [-0.2, -0.15) is 0 Å². The van der Waals surface area contributed by atoms with E-state index in [4.69, 9.17) is 0 Å². The van der Waals surface area contributed by atoms with Crippen molar-refractivity contribution in [3.05, 3.63) is 66.4 Å². The van der Waals surface area contributed by atoms with Gasteiger partial charge in [-0.1, -0.05) is 30.3 Å². The van der Waals surface area contributed by atoms with Crippen molar-refractivity contribution in [2.45, 2.75) is 6.92 Å². The van der Waals surface area contributed by atoms with Crippen LogP contribution in [0.2, 0.25) is 0 Å². The first-order valence-corrected chi connectivity index (χ1v) is 5.68. The van der Waals surface area contributed by atoms with Crippen molar-refractivity contribution in [3.8, 4) is 11.3 Å². The van der Waals surface area contributed by atoms with Gasteiger partial charge in [0, 0.05) is 31.2 Å². The molecule has 1 nitrogen and oxygen atoms in total. The van der Waals surface area contributed by atoms with Gasteiger partial charge in [0.25, 0.3) is 0 Å². The van der Waals surface area contributed by atoms with Crippen LogP contribution < -0.4 is 0 Å². The van der Waals surface area contributed by atoms with Crippen molar-refractivity contribution in [1.82, 2.24) is 4.98 Å². The van der Waals surface area contributed by atoms with E-state index in [1.54, 1.807) is 0 Å². The smallest absolute Gasteiger partial charge is 0.0344 e. The molecule has 0 fully saturated rings. The molecule has 0 N–H and O–H groups in total. The molecule has 0 atom stereocenters. The summed E-state index contributed by atoms with van der Waals surface area (Å²) < 4.78 is 0. The number of aryl methyl sites for hydroxylation is 1. The van der Waals surface area contributed by atoms with Crippen LogP contribution in [0.1, 0.15) is 5.69 Å². The fourth-order valence-electron chi connectivity index (χ4n) is 2.06. The van der Waals surface area contributed by atoms with Crippen molar-refractivity contribution < 1.29 is 20.1 Å². The standard InChI is InChI=1S/C16H12N.Ir/c1-12-15-10-6-5-9-14(15)11-16(17-12)13-7-3-2-4-8-13;/h2-7,9-11H,1H3;/q-1;. The Bertz CT molecular complexity index is 662. The van der Waals surface area contributed by atoms with Crippen molar-refractivity contribution in [2.24, 2.45) is 0 Å². The molecule has 18 heavy (non-hydrogen) atoms. The second kappa shape index (κ2) is 5.43. The van der Waals surface area contributed by atoms with Gasteiger partial charge in [-0.05, 0) is 18.0 Å². The Balaban J connectivity index is 0.00000120. The minimum absolute atomic E-state index is 0. The molecule has 91 valence electrons. The largest absolute Gasteiger partial charge is 0.301 e. The third-order valence-electron chi connectivity index (χ3n) is 2.92. The summed E-state index contributed by atoms with van der Waals surface area (Å²) in [5.41, 5.74) is 3.10. The molecule has 0 spiro atoms. The first kappa shape index (κ1) is 12.9. The quantitative estimate of drug-likeness (QED) is 0.553. The van der Waals surface area contributed by atoms with E-state index in [9.17, 15) is 0 Å². The Morgan fingerprint density at radius 2 is 1.78 bits per heavy atom. The van der Waals surface area contributed by atoms with Crippen LogP contribution in [-0.2, 0) is 20.1 Å². The number of rotatable bonds is 1. The Morgan fingerprint density at radius 3 is 2.56 bits per heavy atom. The average molecular weight is 410 g/mol. The minimum atomic E-state index is 0. The van der Waals surface area contributed by atoms with Crippen LogP contribution in [0.4, 0.5) is 0 Å². The van der Waals surface area contributed by atoms with Gasteiger partial charge >= 0.3 is 0 Å². The van der Waals surface area contributed by atoms with E-state index in [1.165, 1.54) is 10.8 Å². The van der Waals surface area contributed by atoms with Gasteiger partial charge < -0.3 is 4.98 Å². The van der Waals surface area contributed by atoms with Gasteiger partial charge in [0.05, 0.1) is 0 Å².